The molecule has 5 rings (SSSR count). The van der Waals surface area contributed by atoms with E-state index in [1.807, 2.05) is 29.9 Å². The van der Waals surface area contributed by atoms with Gasteiger partial charge in [-0.1, -0.05) is 0 Å². The van der Waals surface area contributed by atoms with Crippen molar-refractivity contribution in [2.24, 2.45) is 5.41 Å². The fourth-order valence-electron chi connectivity index (χ4n) is 6.37. The van der Waals surface area contributed by atoms with Crippen molar-refractivity contribution in [3.05, 3.63) is 65.4 Å². The molecule has 0 saturated carbocycles. The minimum Gasteiger partial charge on any atom is -0.497 e. The third kappa shape index (κ3) is 7.62. The Labute approximate surface area is 255 Å². The van der Waals surface area contributed by atoms with Gasteiger partial charge in [0.05, 0.1) is 37.4 Å². The molecule has 0 aliphatic carbocycles. The van der Waals surface area contributed by atoms with E-state index in [2.05, 4.69) is 20.1 Å². The van der Waals surface area contributed by atoms with E-state index in [9.17, 15) is 23.9 Å². The molecule has 0 unspecified atom stereocenters. The molecule has 1 amide bonds. The maximum atomic E-state index is 13.5. The van der Waals surface area contributed by atoms with Gasteiger partial charge >= 0.3 is 0 Å². The van der Waals surface area contributed by atoms with Crippen LogP contribution in [0.15, 0.2) is 42.6 Å². The number of piperidine rings is 1. The molecule has 238 valence electrons. The number of aliphatic hydroxyl groups is 1. The van der Waals surface area contributed by atoms with E-state index in [-0.39, 0.29) is 0 Å². The van der Waals surface area contributed by atoms with Crippen LogP contribution in [0, 0.1) is 17.0 Å². The van der Waals surface area contributed by atoms with Crippen LogP contribution in [0.2, 0.25) is 0 Å². The van der Waals surface area contributed by atoms with Crippen molar-refractivity contribution in [2.45, 2.75) is 38.3 Å². The molecule has 3 heterocycles. The van der Waals surface area contributed by atoms with Crippen LogP contribution in [0.4, 0.5) is 14.5 Å². The molecule has 3 aromatic rings. The molecular weight excluding hydrogens is 572 g/mol. The summed E-state index contributed by atoms with van der Waals surface area (Å²) in [6.45, 7) is 5.79. The van der Waals surface area contributed by atoms with Crippen LogP contribution >= 0.6 is 0 Å². The van der Waals surface area contributed by atoms with Crippen molar-refractivity contribution in [3.8, 4) is 5.75 Å². The van der Waals surface area contributed by atoms with Gasteiger partial charge in [0.2, 0.25) is 5.91 Å². The number of ether oxygens (including phenoxy) is 2. The molecule has 0 bridgehead atoms. The number of nitrogens with one attached hydrogen (secondary N) is 2. The number of methoxy groups -OCH3 is 1. The number of halogens is 2. The summed E-state index contributed by atoms with van der Waals surface area (Å²) < 4.78 is 38.0. The number of pyridine rings is 1. The maximum Gasteiger partial charge on any atom is 0.249 e. The van der Waals surface area contributed by atoms with Gasteiger partial charge in [0, 0.05) is 56.1 Å². The molecule has 2 fully saturated rings. The summed E-state index contributed by atoms with van der Waals surface area (Å²) in [7, 11) is 1.60. The van der Waals surface area contributed by atoms with Gasteiger partial charge in [0.15, 0.2) is 0 Å². The molecule has 0 radical (unpaired) electrons. The Morgan fingerprint density at radius 2 is 1.82 bits per heavy atom. The Hall–Kier alpha value is -3.42. The maximum absolute atomic E-state index is 13.5. The third-order valence-electron chi connectivity index (χ3n) is 8.94. The fourth-order valence-corrected chi connectivity index (χ4v) is 6.37. The number of carbonyl (C=O) groups excluding carboxylic acids is 1. The molecule has 2 aromatic carbocycles. The number of anilines is 1. The Morgan fingerprint density at radius 3 is 2.50 bits per heavy atom. The molecule has 12 heteroatoms. The number of benzene rings is 2. The van der Waals surface area contributed by atoms with Crippen molar-refractivity contribution in [1.29, 1.82) is 0 Å². The highest BCUT2D eigenvalue weighted by Gasteiger charge is 2.41. The van der Waals surface area contributed by atoms with Crippen molar-refractivity contribution in [1.82, 2.24) is 20.3 Å². The van der Waals surface area contributed by atoms with Gasteiger partial charge in [-0.2, -0.15) is 0 Å². The average molecular weight is 614 g/mol. The number of amides is 1. The van der Waals surface area contributed by atoms with Crippen LogP contribution < -0.4 is 15.5 Å². The number of carbonyl (C=O) groups is 1. The Morgan fingerprint density at radius 1 is 1.09 bits per heavy atom. The molecule has 1 aromatic heterocycles. The van der Waals surface area contributed by atoms with Crippen LogP contribution in [-0.2, 0) is 16.1 Å². The number of morpholine rings is 1. The lowest BCUT2D eigenvalue weighted by Gasteiger charge is -2.40. The van der Waals surface area contributed by atoms with E-state index in [1.165, 1.54) is 12.1 Å². The van der Waals surface area contributed by atoms with E-state index in [0.29, 0.717) is 83.1 Å². The largest absolute Gasteiger partial charge is 0.497 e. The second-order valence-corrected chi connectivity index (χ2v) is 11.7. The van der Waals surface area contributed by atoms with E-state index in [0.717, 1.165) is 41.2 Å². The highest BCUT2D eigenvalue weighted by atomic mass is 19.1. The van der Waals surface area contributed by atoms with Crippen LogP contribution in [0.1, 0.15) is 42.9 Å². The van der Waals surface area contributed by atoms with Gasteiger partial charge in [0.25, 0.3) is 0 Å². The molecule has 1 atom stereocenters. The summed E-state index contributed by atoms with van der Waals surface area (Å²) in [6.07, 6.45) is 2.62. The average Bonchev–Trinajstić information content (AvgIpc) is 3.03. The first kappa shape index (κ1) is 32.0. The first-order valence-electron chi connectivity index (χ1n) is 15.1. The topological polar surface area (TPSA) is 119 Å². The van der Waals surface area contributed by atoms with Crippen LogP contribution in [0.25, 0.3) is 10.9 Å². The van der Waals surface area contributed by atoms with Crippen molar-refractivity contribution in [2.75, 3.05) is 64.9 Å². The quantitative estimate of drug-likeness (QED) is 0.178. The summed E-state index contributed by atoms with van der Waals surface area (Å²) in [4.78, 5) is 22.2. The summed E-state index contributed by atoms with van der Waals surface area (Å²) in [5.41, 5.74) is 3.83. The number of nitrogens with zero attached hydrogens (tertiary/aromatic N) is 3. The number of hydroxylamine groups is 1. The SMILES string of the molecule is COc1ccc2ncc(CN3CCOCC3)c([C@H](O)CCC3(C(=O)NO)CCN(CCNc4cc(F)cc(F)c4)CC3)c2c1. The lowest BCUT2D eigenvalue weighted by Crippen LogP contribution is -2.49. The zero-order valence-electron chi connectivity index (χ0n) is 25.0. The number of hydrogen-bond donors (Lipinski definition) is 4. The molecule has 44 heavy (non-hydrogen) atoms. The fraction of sp³-hybridized carbons (Fsp3) is 0.500. The van der Waals surface area contributed by atoms with Gasteiger partial charge in [-0.3, -0.25) is 19.9 Å². The molecule has 0 spiro atoms. The number of fused-ring (bicyclic) bond motifs is 1. The lowest BCUT2D eigenvalue weighted by atomic mass is 9.73. The smallest absolute Gasteiger partial charge is 0.249 e. The highest BCUT2D eigenvalue weighted by molar-refractivity contribution is 5.85. The zero-order valence-corrected chi connectivity index (χ0v) is 25.0. The lowest BCUT2D eigenvalue weighted by molar-refractivity contribution is -0.143. The molecule has 10 nitrogen and oxygen atoms in total. The first-order valence-corrected chi connectivity index (χ1v) is 15.1. The number of rotatable bonds is 12. The minimum atomic E-state index is -0.874. The number of hydrogen-bond acceptors (Lipinski definition) is 9. The second-order valence-electron chi connectivity index (χ2n) is 11.7. The van der Waals surface area contributed by atoms with E-state index < -0.39 is 29.1 Å². The van der Waals surface area contributed by atoms with Gasteiger partial charge in [-0.15, -0.1) is 0 Å². The second kappa shape index (κ2) is 14.6. The van der Waals surface area contributed by atoms with E-state index in [1.54, 1.807) is 7.11 Å². The molecule has 2 aliphatic rings. The highest BCUT2D eigenvalue weighted by Crippen LogP contribution is 2.40. The van der Waals surface area contributed by atoms with Crippen LogP contribution in [0.5, 0.6) is 5.75 Å². The zero-order chi connectivity index (χ0) is 31.1. The van der Waals surface area contributed by atoms with Crippen molar-refractivity contribution < 1.29 is 33.4 Å². The van der Waals surface area contributed by atoms with Gasteiger partial charge < -0.3 is 24.8 Å². The molecule has 2 aliphatic heterocycles. The van der Waals surface area contributed by atoms with Crippen molar-refractivity contribution in [3.63, 3.8) is 0 Å². The minimum absolute atomic E-state index is 0.312. The summed E-state index contributed by atoms with van der Waals surface area (Å²) in [5.74, 6) is -1.07. The predicted molar refractivity (Wildman–Crippen MR) is 161 cm³/mol. The number of aromatic nitrogens is 1. The normalized spacial score (nSPS) is 18.2. The van der Waals surface area contributed by atoms with Gasteiger partial charge in [-0.25, -0.2) is 14.3 Å². The van der Waals surface area contributed by atoms with Crippen LogP contribution in [0.3, 0.4) is 0 Å². The van der Waals surface area contributed by atoms with Gasteiger partial charge in [0.1, 0.15) is 17.4 Å². The van der Waals surface area contributed by atoms with Gasteiger partial charge in [-0.05, 0) is 80.2 Å². The molecule has 4 N–H and O–H groups in total. The summed E-state index contributed by atoms with van der Waals surface area (Å²) in [6, 6.07) is 8.93. The Kier molecular flexibility index (Phi) is 10.6. The van der Waals surface area contributed by atoms with Crippen LogP contribution in [-0.4, -0.2) is 90.6 Å². The van der Waals surface area contributed by atoms with E-state index >= 15 is 0 Å². The summed E-state index contributed by atoms with van der Waals surface area (Å²) in [5, 5.41) is 25.2. The standard InChI is InChI=1S/C32H41F2N5O5/c1-43-26-2-3-28-27(19-26)30(22(20-36-28)21-39-12-14-44-15-13-39)29(40)4-5-32(31(41)37-42)6-9-38(10-7-32)11-8-35-25-17-23(33)16-24(34)18-25/h2-3,16-20,29,35,40,42H,4-15,21H2,1H3,(H,37,41)/t29-/m1/s1. The monoisotopic (exact) mass is 613 g/mol. The predicted octanol–water partition coefficient (Wildman–Crippen LogP) is 3.87. The Bertz CT molecular complexity index is 1410. The van der Waals surface area contributed by atoms with E-state index in [4.69, 9.17) is 9.47 Å². The van der Waals surface area contributed by atoms with Crippen molar-refractivity contribution >= 4 is 22.5 Å². The summed E-state index contributed by atoms with van der Waals surface area (Å²) >= 11 is 0. The number of likely N-dealkylation sites (tertiary alicyclic amines) is 1. The first-order chi connectivity index (χ1) is 21.3. The number of aliphatic hydroxyl groups excluding tert-OH is 1. The molecular formula is C32H41F2N5O5. The molecule has 2 saturated heterocycles. The third-order valence-corrected chi connectivity index (χ3v) is 8.94. The Balaban J connectivity index is 1.27.